The highest BCUT2D eigenvalue weighted by Crippen LogP contribution is 2.33. The standard InChI is InChI=1S/C16H21N3O2/c1-12(9-19(2)10-14-5-6-17-18-14)7-13-3-4-15-16(8-13)21-11-20-15/h3-6,8,12H,7,9-11H2,1-2H3,(H,17,18)/t12-/m1/s1. The van der Waals surface area contributed by atoms with Crippen LogP contribution in [0.25, 0.3) is 0 Å². The predicted molar refractivity (Wildman–Crippen MR) is 80.4 cm³/mol. The van der Waals surface area contributed by atoms with Crippen molar-refractivity contribution in [1.29, 1.82) is 0 Å². The van der Waals surface area contributed by atoms with E-state index in [-0.39, 0.29) is 0 Å². The van der Waals surface area contributed by atoms with Gasteiger partial charge in [-0.3, -0.25) is 5.10 Å². The Labute approximate surface area is 124 Å². The molecule has 1 N–H and O–H groups in total. The molecule has 0 fully saturated rings. The van der Waals surface area contributed by atoms with E-state index in [1.807, 2.05) is 12.1 Å². The minimum Gasteiger partial charge on any atom is -0.454 e. The van der Waals surface area contributed by atoms with Crippen LogP contribution in [0.4, 0.5) is 0 Å². The van der Waals surface area contributed by atoms with E-state index in [2.05, 4.69) is 41.2 Å². The number of nitrogens with one attached hydrogen (secondary N) is 1. The van der Waals surface area contributed by atoms with Crippen molar-refractivity contribution in [2.75, 3.05) is 20.4 Å². The largest absolute Gasteiger partial charge is 0.454 e. The maximum Gasteiger partial charge on any atom is 0.231 e. The molecule has 0 saturated heterocycles. The SMILES string of the molecule is C[C@H](Cc1ccc2c(c1)OCO2)CN(C)Cc1ccn[nH]1. The lowest BCUT2D eigenvalue weighted by Crippen LogP contribution is -2.25. The van der Waals surface area contributed by atoms with E-state index in [9.17, 15) is 0 Å². The van der Waals surface area contributed by atoms with Crippen LogP contribution in [0.1, 0.15) is 18.2 Å². The Kier molecular flexibility index (Phi) is 4.10. The number of aromatic amines is 1. The molecule has 0 saturated carbocycles. The fourth-order valence-corrected chi connectivity index (χ4v) is 2.79. The summed E-state index contributed by atoms with van der Waals surface area (Å²) in [6, 6.07) is 8.23. The molecular formula is C16H21N3O2. The number of benzene rings is 1. The van der Waals surface area contributed by atoms with E-state index in [1.54, 1.807) is 6.20 Å². The highest BCUT2D eigenvalue weighted by molar-refractivity contribution is 5.44. The first kappa shape index (κ1) is 13.9. The fourth-order valence-electron chi connectivity index (χ4n) is 2.79. The van der Waals surface area contributed by atoms with Gasteiger partial charge in [-0.1, -0.05) is 13.0 Å². The van der Waals surface area contributed by atoms with Crippen molar-refractivity contribution in [3.8, 4) is 11.5 Å². The van der Waals surface area contributed by atoms with Crippen LogP contribution in [0.5, 0.6) is 11.5 Å². The number of hydrogen-bond donors (Lipinski definition) is 1. The quantitative estimate of drug-likeness (QED) is 0.886. The Balaban J connectivity index is 1.52. The van der Waals surface area contributed by atoms with Gasteiger partial charge in [0.1, 0.15) is 0 Å². The summed E-state index contributed by atoms with van der Waals surface area (Å²) in [5.74, 6) is 2.28. The number of aromatic nitrogens is 2. The minimum atomic E-state index is 0.335. The summed E-state index contributed by atoms with van der Waals surface area (Å²) < 4.78 is 10.8. The second kappa shape index (κ2) is 6.18. The van der Waals surface area contributed by atoms with Gasteiger partial charge in [0.05, 0.1) is 0 Å². The first-order valence-electron chi connectivity index (χ1n) is 7.26. The van der Waals surface area contributed by atoms with Crippen LogP contribution in [0.3, 0.4) is 0 Å². The Morgan fingerprint density at radius 3 is 2.95 bits per heavy atom. The van der Waals surface area contributed by atoms with Gasteiger partial charge >= 0.3 is 0 Å². The monoisotopic (exact) mass is 287 g/mol. The zero-order valence-electron chi connectivity index (χ0n) is 12.5. The highest BCUT2D eigenvalue weighted by Gasteiger charge is 2.15. The summed E-state index contributed by atoms with van der Waals surface area (Å²) in [5.41, 5.74) is 2.44. The average molecular weight is 287 g/mol. The molecule has 1 atom stereocenters. The van der Waals surface area contributed by atoms with Crippen molar-refractivity contribution in [1.82, 2.24) is 15.1 Å². The van der Waals surface area contributed by atoms with Crippen molar-refractivity contribution in [3.63, 3.8) is 0 Å². The third kappa shape index (κ3) is 3.55. The molecule has 0 spiro atoms. The molecule has 112 valence electrons. The maximum atomic E-state index is 5.43. The van der Waals surface area contributed by atoms with Crippen molar-refractivity contribution in [2.45, 2.75) is 19.9 Å². The molecule has 2 heterocycles. The fraction of sp³-hybridized carbons (Fsp3) is 0.438. The topological polar surface area (TPSA) is 50.4 Å². The molecule has 0 unspecified atom stereocenters. The minimum absolute atomic E-state index is 0.335. The summed E-state index contributed by atoms with van der Waals surface area (Å²) in [4.78, 5) is 2.31. The normalized spacial score (nSPS) is 14.6. The average Bonchev–Trinajstić information content (AvgIpc) is 3.08. The van der Waals surface area contributed by atoms with Gasteiger partial charge in [0.15, 0.2) is 11.5 Å². The number of ether oxygens (including phenoxy) is 2. The van der Waals surface area contributed by atoms with Gasteiger partial charge in [0, 0.05) is 25.0 Å². The third-order valence-corrected chi connectivity index (χ3v) is 3.64. The molecule has 5 nitrogen and oxygen atoms in total. The number of hydrogen-bond acceptors (Lipinski definition) is 4. The van der Waals surface area contributed by atoms with Gasteiger partial charge in [-0.25, -0.2) is 0 Å². The second-order valence-electron chi connectivity index (χ2n) is 5.78. The number of nitrogens with zero attached hydrogens (tertiary/aromatic N) is 2. The number of fused-ring (bicyclic) bond motifs is 1. The Morgan fingerprint density at radius 2 is 2.14 bits per heavy atom. The summed E-state index contributed by atoms with van der Waals surface area (Å²) in [7, 11) is 2.14. The molecule has 0 radical (unpaired) electrons. The molecule has 1 aromatic carbocycles. The van der Waals surface area contributed by atoms with E-state index in [4.69, 9.17) is 9.47 Å². The van der Waals surface area contributed by atoms with Gasteiger partial charge in [-0.2, -0.15) is 5.10 Å². The summed E-state index contributed by atoms with van der Waals surface area (Å²) in [6.07, 6.45) is 2.82. The van der Waals surface area contributed by atoms with Gasteiger partial charge in [-0.05, 0) is 43.1 Å². The van der Waals surface area contributed by atoms with Crippen molar-refractivity contribution >= 4 is 0 Å². The van der Waals surface area contributed by atoms with Crippen molar-refractivity contribution < 1.29 is 9.47 Å². The van der Waals surface area contributed by atoms with Crippen molar-refractivity contribution in [3.05, 3.63) is 41.7 Å². The van der Waals surface area contributed by atoms with Gasteiger partial charge in [0.2, 0.25) is 6.79 Å². The van der Waals surface area contributed by atoms with E-state index in [0.717, 1.165) is 36.7 Å². The van der Waals surface area contributed by atoms with E-state index in [1.165, 1.54) is 5.56 Å². The Bertz CT molecular complexity index is 583. The van der Waals surface area contributed by atoms with Crippen LogP contribution in [-0.4, -0.2) is 35.5 Å². The first-order chi connectivity index (χ1) is 10.2. The van der Waals surface area contributed by atoms with Crippen LogP contribution in [0.15, 0.2) is 30.5 Å². The lowest BCUT2D eigenvalue weighted by molar-refractivity contribution is 0.174. The van der Waals surface area contributed by atoms with Gasteiger partial charge < -0.3 is 14.4 Å². The third-order valence-electron chi connectivity index (χ3n) is 3.64. The smallest absolute Gasteiger partial charge is 0.231 e. The molecule has 21 heavy (non-hydrogen) atoms. The van der Waals surface area contributed by atoms with Crippen molar-refractivity contribution in [2.24, 2.45) is 5.92 Å². The summed E-state index contributed by atoms with van der Waals surface area (Å²) >= 11 is 0. The molecule has 0 amide bonds. The van der Waals surface area contributed by atoms with Crippen LogP contribution >= 0.6 is 0 Å². The summed E-state index contributed by atoms with van der Waals surface area (Å²) in [6.45, 7) is 4.54. The molecular weight excluding hydrogens is 266 g/mol. The molecule has 2 aromatic rings. The van der Waals surface area contributed by atoms with E-state index >= 15 is 0 Å². The zero-order chi connectivity index (χ0) is 14.7. The highest BCUT2D eigenvalue weighted by atomic mass is 16.7. The molecule has 0 aliphatic carbocycles. The molecule has 1 aliphatic rings. The Hall–Kier alpha value is -2.01. The number of rotatable bonds is 6. The zero-order valence-corrected chi connectivity index (χ0v) is 12.5. The maximum absolute atomic E-state index is 5.43. The van der Waals surface area contributed by atoms with Crippen LogP contribution < -0.4 is 9.47 Å². The molecule has 1 aliphatic heterocycles. The lowest BCUT2D eigenvalue weighted by Gasteiger charge is -2.20. The van der Waals surface area contributed by atoms with Crippen LogP contribution in [0.2, 0.25) is 0 Å². The molecule has 1 aromatic heterocycles. The molecule has 5 heteroatoms. The lowest BCUT2D eigenvalue weighted by atomic mass is 10.0. The summed E-state index contributed by atoms with van der Waals surface area (Å²) in [5, 5.41) is 6.98. The first-order valence-corrected chi connectivity index (χ1v) is 7.26. The van der Waals surface area contributed by atoms with E-state index in [0.29, 0.717) is 12.7 Å². The predicted octanol–water partition coefficient (Wildman–Crippen LogP) is 2.45. The Morgan fingerprint density at radius 1 is 1.29 bits per heavy atom. The molecule has 0 bridgehead atoms. The van der Waals surface area contributed by atoms with E-state index < -0.39 is 0 Å². The molecule has 3 rings (SSSR count). The van der Waals surface area contributed by atoms with Crippen LogP contribution in [-0.2, 0) is 13.0 Å². The number of H-pyrrole nitrogens is 1. The second-order valence-corrected chi connectivity index (χ2v) is 5.78. The van der Waals surface area contributed by atoms with Crippen LogP contribution in [0, 0.1) is 5.92 Å². The van der Waals surface area contributed by atoms with Gasteiger partial charge in [-0.15, -0.1) is 0 Å². The van der Waals surface area contributed by atoms with Gasteiger partial charge in [0.25, 0.3) is 0 Å².